The van der Waals surface area contributed by atoms with Gasteiger partial charge >= 0.3 is 0 Å². The van der Waals surface area contributed by atoms with Gasteiger partial charge in [0.05, 0.1) is 17.8 Å². The zero-order valence-electron chi connectivity index (χ0n) is 20.9. The van der Waals surface area contributed by atoms with E-state index in [-0.39, 0.29) is 23.2 Å². The van der Waals surface area contributed by atoms with Gasteiger partial charge in [-0.1, -0.05) is 51.5 Å². The number of para-hydroxylation sites is 1. The molecule has 186 valence electrons. The molecule has 1 spiro atoms. The van der Waals surface area contributed by atoms with E-state index in [2.05, 4.69) is 43.2 Å². The summed E-state index contributed by atoms with van der Waals surface area (Å²) < 4.78 is 5.83. The van der Waals surface area contributed by atoms with Crippen LogP contribution in [0.15, 0.2) is 58.5 Å². The fraction of sp³-hybridized carbons (Fsp3) is 0.444. The lowest BCUT2D eigenvalue weighted by Crippen LogP contribution is -2.58. The third-order valence-electron chi connectivity index (χ3n) is 6.62. The number of rotatable bonds is 6. The Kier molecular flexibility index (Phi) is 7.00. The summed E-state index contributed by atoms with van der Waals surface area (Å²) in [5.41, 5.74) is 14.3. The molecule has 1 fully saturated rings. The molecule has 5 N–H and O–H groups in total. The Morgan fingerprint density at radius 2 is 1.74 bits per heavy atom. The second-order valence-electron chi connectivity index (χ2n) is 10.2. The highest BCUT2D eigenvalue weighted by atomic mass is 16.5. The number of carbonyl (C=O) groups excluding carboxylic acids is 1. The van der Waals surface area contributed by atoms with E-state index < -0.39 is 5.66 Å². The molecule has 35 heavy (non-hydrogen) atoms. The zero-order valence-corrected chi connectivity index (χ0v) is 20.9. The van der Waals surface area contributed by atoms with Gasteiger partial charge in [0.15, 0.2) is 0 Å². The van der Waals surface area contributed by atoms with E-state index in [1.54, 1.807) is 6.07 Å². The molecule has 4 rings (SSSR count). The van der Waals surface area contributed by atoms with Crippen LogP contribution in [0.2, 0.25) is 0 Å². The van der Waals surface area contributed by atoms with Crippen molar-refractivity contribution in [2.45, 2.75) is 64.0 Å². The molecule has 1 aliphatic heterocycles. The van der Waals surface area contributed by atoms with E-state index in [1.807, 2.05) is 35.2 Å². The molecule has 0 aromatic heterocycles. The van der Waals surface area contributed by atoms with E-state index >= 15 is 0 Å². The molecule has 1 heterocycles. The van der Waals surface area contributed by atoms with Gasteiger partial charge in [-0.3, -0.25) is 9.69 Å². The van der Waals surface area contributed by atoms with Gasteiger partial charge in [-0.15, -0.1) is 0 Å². The third kappa shape index (κ3) is 5.42. The molecule has 0 radical (unpaired) electrons. The van der Waals surface area contributed by atoms with E-state index in [9.17, 15) is 4.79 Å². The molecule has 0 atom stereocenters. The average Bonchev–Trinajstić information content (AvgIpc) is 2.82. The van der Waals surface area contributed by atoms with Crippen molar-refractivity contribution in [3.05, 3.63) is 59.7 Å². The van der Waals surface area contributed by atoms with Crippen LogP contribution in [0.4, 0.5) is 5.69 Å². The second-order valence-corrected chi connectivity index (χ2v) is 10.2. The van der Waals surface area contributed by atoms with Crippen LogP contribution in [-0.4, -0.2) is 36.6 Å². The Bertz CT molecular complexity index is 1110. The number of hydrogen-bond donors (Lipinski definition) is 3. The Labute approximate surface area is 207 Å². The molecule has 2 aromatic carbocycles. The van der Waals surface area contributed by atoms with Gasteiger partial charge in [-0.2, -0.15) is 4.99 Å². The third-order valence-corrected chi connectivity index (χ3v) is 6.62. The van der Waals surface area contributed by atoms with Crippen molar-refractivity contribution in [3.63, 3.8) is 0 Å². The van der Waals surface area contributed by atoms with Crippen LogP contribution in [-0.2, 0) is 5.41 Å². The number of aliphatic imine (C=N–C) groups is 2. The summed E-state index contributed by atoms with van der Waals surface area (Å²) in [6.45, 7) is 7.26. The predicted octanol–water partition coefficient (Wildman–Crippen LogP) is 3.90. The molecule has 1 amide bonds. The lowest BCUT2D eigenvalue weighted by Gasteiger charge is -2.46. The molecule has 1 saturated carbocycles. The number of amides is 1. The van der Waals surface area contributed by atoms with Gasteiger partial charge in [-0.05, 0) is 60.9 Å². The van der Waals surface area contributed by atoms with Crippen LogP contribution in [0, 0.1) is 0 Å². The lowest BCUT2D eigenvalue weighted by atomic mass is 9.87. The molecular weight excluding hydrogens is 440 g/mol. The maximum Gasteiger partial charge on any atom is 0.253 e. The van der Waals surface area contributed by atoms with Gasteiger partial charge in [0.1, 0.15) is 18.0 Å². The monoisotopic (exact) mass is 476 g/mol. The van der Waals surface area contributed by atoms with Crippen molar-refractivity contribution in [1.82, 2.24) is 5.32 Å². The number of carbonyl (C=O) groups is 1. The second kappa shape index (κ2) is 9.98. The van der Waals surface area contributed by atoms with Crippen molar-refractivity contribution in [1.29, 1.82) is 0 Å². The number of anilines is 1. The van der Waals surface area contributed by atoms with E-state index in [4.69, 9.17) is 21.2 Å². The first-order valence-corrected chi connectivity index (χ1v) is 12.3. The molecule has 8 heteroatoms. The summed E-state index contributed by atoms with van der Waals surface area (Å²) in [7, 11) is 0. The summed E-state index contributed by atoms with van der Waals surface area (Å²) in [5, 5.41) is 2.97. The summed E-state index contributed by atoms with van der Waals surface area (Å²) in [6.07, 6.45) is 4.79. The highest BCUT2D eigenvalue weighted by molar-refractivity contribution is 6.10. The van der Waals surface area contributed by atoms with Gasteiger partial charge in [-0.25, -0.2) is 4.99 Å². The largest absolute Gasteiger partial charge is 0.492 e. The molecule has 0 saturated heterocycles. The molecule has 8 nitrogen and oxygen atoms in total. The Balaban J connectivity index is 1.44. The number of guanidine groups is 2. The molecule has 2 aliphatic rings. The lowest BCUT2D eigenvalue weighted by molar-refractivity contribution is 0.0947. The van der Waals surface area contributed by atoms with Crippen molar-refractivity contribution in [3.8, 4) is 5.75 Å². The fourth-order valence-electron chi connectivity index (χ4n) is 4.81. The molecule has 1 aliphatic carbocycles. The standard InChI is InChI=1S/C27H36N6O2/c1-26(2,3)19-11-13-20(14-12-19)35-18-17-30-23(34)21-9-5-6-10-22(21)33-25(29)31-24(28)32-27(33)15-7-4-8-16-27/h5-6,9-14H,4,7-8,15-18H2,1-3H3,(H,30,34)(H4,28,29,31,32). The number of ether oxygens (including phenoxy) is 1. The number of nitrogens with two attached hydrogens (primary N) is 2. The quantitative estimate of drug-likeness (QED) is 0.547. The normalized spacial score (nSPS) is 17.5. The van der Waals surface area contributed by atoms with Crippen molar-refractivity contribution in [2.75, 3.05) is 18.1 Å². The van der Waals surface area contributed by atoms with Gasteiger partial charge in [0.25, 0.3) is 5.91 Å². The minimum atomic E-state index is -0.604. The molecular formula is C27H36N6O2. The fourth-order valence-corrected chi connectivity index (χ4v) is 4.81. The predicted molar refractivity (Wildman–Crippen MR) is 141 cm³/mol. The van der Waals surface area contributed by atoms with E-state index in [1.165, 1.54) is 5.56 Å². The average molecular weight is 477 g/mol. The van der Waals surface area contributed by atoms with Crippen LogP contribution in [0.5, 0.6) is 5.75 Å². The van der Waals surface area contributed by atoms with Crippen molar-refractivity contribution >= 4 is 23.5 Å². The SMILES string of the molecule is CC(C)(C)c1ccc(OCCNC(=O)c2ccccc2N2C(N)=NC(N)=NC23CCCCC3)cc1. The van der Waals surface area contributed by atoms with Crippen LogP contribution in [0.25, 0.3) is 0 Å². The summed E-state index contributed by atoms with van der Waals surface area (Å²) in [6, 6.07) is 15.5. The maximum absolute atomic E-state index is 13.2. The molecule has 0 bridgehead atoms. The number of hydrogen-bond acceptors (Lipinski definition) is 7. The highest BCUT2D eigenvalue weighted by Gasteiger charge is 2.43. The summed E-state index contributed by atoms with van der Waals surface area (Å²) >= 11 is 0. The summed E-state index contributed by atoms with van der Waals surface area (Å²) in [5.74, 6) is 1.03. The van der Waals surface area contributed by atoms with E-state index in [0.717, 1.165) is 37.9 Å². The van der Waals surface area contributed by atoms with Crippen molar-refractivity contribution < 1.29 is 9.53 Å². The zero-order chi connectivity index (χ0) is 25.1. The topological polar surface area (TPSA) is 118 Å². The Hall–Kier alpha value is -3.55. The Morgan fingerprint density at radius 1 is 1.06 bits per heavy atom. The smallest absolute Gasteiger partial charge is 0.253 e. The highest BCUT2D eigenvalue weighted by Crippen LogP contribution is 2.40. The minimum absolute atomic E-state index is 0.0928. The van der Waals surface area contributed by atoms with Crippen molar-refractivity contribution in [2.24, 2.45) is 21.5 Å². The summed E-state index contributed by atoms with van der Waals surface area (Å²) in [4.78, 5) is 24.0. The number of benzene rings is 2. The number of nitrogens with zero attached hydrogens (tertiary/aromatic N) is 3. The molecule has 0 unspecified atom stereocenters. The van der Waals surface area contributed by atoms with Gasteiger partial charge < -0.3 is 21.5 Å². The molecule has 2 aromatic rings. The minimum Gasteiger partial charge on any atom is -0.492 e. The Morgan fingerprint density at radius 3 is 2.43 bits per heavy atom. The van der Waals surface area contributed by atoms with Crippen LogP contribution in [0.1, 0.15) is 68.8 Å². The first-order chi connectivity index (χ1) is 16.7. The van der Waals surface area contributed by atoms with Gasteiger partial charge in [0, 0.05) is 0 Å². The first kappa shape index (κ1) is 24.6. The van der Waals surface area contributed by atoms with E-state index in [0.29, 0.717) is 24.4 Å². The van der Waals surface area contributed by atoms with Crippen LogP contribution in [0.3, 0.4) is 0 Å². The number of nitrogens with one attached hydrogen (secondary N) is 1. The van der Waals surface area contributed by atoms with Gasteiger partial charge in [0.2, 0.25) is 11.9 Å². The maximum atomic E-state index is 13.2. The van der Waals surface area contributed by atoms with Crippen LogP contribution >= 0.6 is 0 Å². The van der Waals surface area contributed by atoms with Crippen LogP contribution < -0.4 is 26.4 Å². The first-order valence-electron chi connectivity index (χ1n) is 12.3.